The zero-order valence-corrected chi connectivity index (χ0v) is 26.8. The third-order valence-electron chi connectivity index (χ3n) is 6.04. The molecule has 0 atom stereocenters. The maximum Gasteiger partial charge on any atom is 0.342 e. The average molecular weight is 795 g/mol. The topological polar surface area (TPSA) is 126 Å². The van der Waals surface area contributed by atoms with Crippen LogP contribution in [0, 0.1) is 46.5 Å². The van der Waals surface area contributed by atoms with Gasteiger partial charge in [-0.05, 0) is 64.5 Å². The van der Waals surface area contributed by atoms with Crippen LogP contribution in [0.15, 0.2) is 89.7 Å². The Kier molecular flexibility index (Phi) is 11.4. The summed E-state index contributed by atoms with van der Waals surface area (Å²) in [6, 6.07) is 9.41. The lowest BCUT2D eigenvalue weighted by atomic mass is 10.3. The highest BCUT2D eigenvalue weighted by atomic mass is 79.9. The summed E-state index contributed by atoms with van der Waals surface area (Å²) < 4.78 is 127. The van der Waals surface area contributed by atoms with E-state index >= 15 is 0 Å². The van der Waals surface area contributed by atoms with Gasteiger partial charge in [-0.3, -0.25) is 0 Å². The molecule has 10 nitrogen and oxygen atoms in total. The fourth-order valence-electron chi connectivity index (χ4n) is 3.72. The number of benzene rings is 4. The zero-order valence-electron chi connectivity index (χ0n) is 25.3. The molecule has 2 heterocycles. The summed E-state index contributed by atoms with van der Waals surface area (Å²) in [5, 5.41) is 9.16. The fraction of sp³-hybridized carbons (Fsp3) is 0. The van der Waals surface area contributed by atoms with Crippen molar-refractivity contribution in [2.75, 3.05) is 0 Å². The van der Waals surface area contributed by atoms with Crippen LogP contribution in [-0.4, -0.2) is 31.0 Å². The second-order valence-electron chi connectivity index (χ2n) is 9.69. The summed E-state index contributed by atoms with van der Waals surface area (Å²) in [6.07, 6.45) is 2.03. The smallest absolute Gasteiger partial charge is 0.342 e. The molecule has 52 heavy (non-hydrogen) atoms. The molecule has 0 bridgehead atoms. The number of hydrogen-bond donors (Lipinski definition) is 1. The van der Waals surface area contributed by atoms with Crippen molar-refractivity contribution in [3.8, 4) is 46.8 Å². The van der Waals surface area contributed by atoms with Gasteiger partial charge in [-0.25, -0.2) is 49.9 Å². The Morgan fingerprint density at radius 2 is 0.865 bits per heavy atom. The lowest BCUT2D eigenvalue weighted by Crippen LogP contribution is -2.05. The summed E-state index contributed by atoms with van der Waals surface area (Å²) in [4.78, 5) is 26.2. The SMILES string of the molecule is Fc1ccc(Oc2ncc(Br)c(Oc3ccc(F)cc3F)n2)c(F)c1.O=C(O)c1cnc(Oc2ccc(F)cc2F)nc1Oc1ccc(F)cc1F. The molecule has 19 heteroatoms. The lowest BCUT2D eigenvalue weighted by Gasteiger charge is -2.10. The highest BCUT2D eigenvalue weighted by Crippen LogP contribution is 2.33. The summed E-state index contributed by atoms with van der Waals surface area (Å²) in [5.41, 5.74) is -0.550. The quantitative estimate of drug-likeness (QED) is 0.141. The zero-order chi connectivity index (χ0) is 37.5. The number of halogens is 9. The van der Waals surface area contributed by atoms with E-state index in [1.165, 1.54) is 6.20 Å². The minimum Gasteiger partial charge on any atom is -0.477 e. The Hall–Kier alpha value is -6.37. The van der Waals surface area contributed by atoms with Crippen molar-refractivity contribution >= 4 is 21.9 Å². The molecule has 6 aromatic rings. The van der Waals surface area contributed by atoms with Crippen LogP contribution in [0.5, 0.6) is 46.8 Å². The number of aromatic nitrogens is 4. The number of rotatable bonds is 9. The van der Waals surface area contributed by atoms with Gasteiger partial charge in [0.05, 0.1) is 16.9 Å². The van der Waals surface area contributed by atoms with Crippen LogP contribution in [0.25, 0.3) is 0 Å². The van der Waals surface area contributed by atoms with Crippen LogP contribution in [0.3, 0.4) is 0 Å². The van der Waals surface area contributed by atoms with E-state index in [4.69, 9.17) is 24.1 Å². The van der Waals surface area contributed by atoms with E-state index in [1.807, 2.05) is 0 Å². The van der Waals surface area contributed by atoms with Crippen molar-refractivity contribution in [1.82, 2.24) is 19.9 Å². The van der Waals surface area contributed by atoms with Crippen LogP contribution in [0.4, 0.5) is 35.1 Å². The van der Waals surface area contributed by atoms with Crippen molar-refractivity contribution in [2.45, 2.75) is 0 Å². The predicted molar refractivity (Wildman–Crippen MR) is 164 cm³/mol. The van der Waals surface area contributed by atoms with E-state index in [1.54, 1.807) is 0 Å². The molecule has 0 radical (unpaired) electrons. The molecule has 0 aliphatic heterocycles. The van der Waals surface area contributed by atoms with Gasteiger partial charge in [0.1, 0.15) is 28.8 Å². The first kappa shape index (κ1) is 36.9. The molecule has 0 unspecified atom stereocenters. The number of ether oxygens (including phenoxy) is 4. The molecule has 0 aliphatic rings. The van der Waals surface area contributed by atoms with Crippen LogP contribution >= 0.6 is 15.9 Å². The molecule has 0 fully saturated rings. The first-order chi connectivity index (χ1) is 24.7. The van der Waals surface area contributed by atoms with Gasteiger partial charge < -0.3 is 24.1 Å². The van der Waals surface area contributed by atoms with Gasteiger partial charge in [-0.2, -0.15) is 9.97 Å². The normalized spacial score (nSPS) is 10.6. The monoisotopic (exact) mass is 794 g/mol. The summed E-state index contributed by atoms with van der Waals surface area (Å²) >= 11 is 3.11. The highest BCUT2D eigenvalue weighted by molar-refractivity contribution is 9.10. The van der Waals surface area contributed by atoms with Crippen LogP contribution in [0.1, 0.15) is 10.4 Å². The first-order valence-corrected chi connectivity index (χ1v) is 14.7. The van der Waals surface area contributed by atoms with Crippen molar-refractivity contribution < 1.29 is 64.0 Å². The Labute approximate surface area is 294 Å². The van der Waals surface area contributed by atoms with Gasteiger partial charge in [-0.1, -0.05) is 0 Å². The third kappa shape index (κ3) is 9.44. The number of aromatic carboxylic acids is 1. The van der Waals surface area contributed by atoms with Crippen LogP contribution in [0.2, 0.25) is 0 Å². The van der Waals surface area contributed by atoms with Crippen molar-refractivity contribution in [3.05, 3.63) is 142 Å². The van der Waals surface area contributed by atoms with E-state index in [-0.39, 0.29) is 27.9 Å². The molecule has 0 saturated heterocycles. The molecule has 266 valence electrons. The molecule has 6 rings (SSSR count). The van der Waals surface area contributed by atoms with E-state index in [0.717, 1.165) is 54.7 Å². The molecule has 0 amide bonds. The fourth-order valence-corrected chi connectivity index (χ4v) is 3.99. The Bertz CT molecular complexity index is 2290. The number of carboxylic acid groups (broad SMARTS) is 1. The Balaban J connectivity index is 0.000000202. The summed E-state index contributed by atoms with van der Waals surface area (Å²) in [5.74, 6) is -11.0. The Morgan fingerprint density at radius 1 is 0.519 bits per heavy atom. The number of carbonyl (C=O) groups is 1. The summed E-state index contributed by atoms with van der Waals surface area (Å²) in [7, 11) is 0. The molecule has 1 N–H and O–H groups in total. The number of hydrogen-bond acceptors (Lipinski definition) is 9. The van der Waals surface area contributed by atoms with Gasteiger partial charge in [0, 0.05) is 24.3 Å². The standard InChI is InChI=1S/C17H8F4N2O4.C16H7BrF4N2O2/c18-8-1-3-13(11(20)5-8)26-15-10(16(24)25)7-22-17(23-15)27-14-4-2-9(19)6-12(14)21;17-10-7-22-16(25-14-4-2-9(19)6-12(14)21)23-15(10)24-13-3-1-8(18)5-11(13)20/h1-7H,(H,24,25);1-7H. The largest absolute Gasteiger partial charge is 0.477 e. The lowest BCUT2D eigenvalue weighted by molar-refractivity contribution is 0.0692. The molecule has 0 aliphatic carbocycles. The second-order valence-corrected chi connectivity index (χ2v) is 10.5. The van der Waals surface area contributed by atoms with Gasteiger partial charge in [0.2, 0.25) is 11.8 Å². The maximum absolute atomic E-state index is 13.7. The van der Waals surface area contributed by atoms with Gasteiger partial charge in [-0.15, -0.1) is 0 Å². The van der Waals surface area contributed by atoms with E-state index in [2.05, 4.69) is 35.9 Å². The van der Waals surface area contributed by atoms with E-state index in [9.17, 15) is 39.9 Å². The third-order valence-corrected chi connectivity index (χ3v) is 6.59. The molecule has 4 aromatic carbocycles. The summed E-state index contributed by atoms with van der Waals surface area (Å²) in [6.45, 7) is 0. The van der Waals surface area contributed by atoms with Crippen molar-refractivity contribution in [1.29, 1.82) is 0 Å². The van der Waals surface area contributed by atoms with Gasteiger partial charge in [0.25, 0.3) is 0 Å². The van der Waals surface area contributed by atoms with Crippen LogP contribution in [-0.2, 0) is 0 Å². The molecular formula is C33H15BrF8N4O6. The molecule has 0 saturated carbocycles. The average Bonchev–Trinajstić information content (AvgIpc) is 3.08. The van der Waals surface area contributed by atoms with Gasteiger partial charge in [0.15, 0.2) is 46.3 Å². The number of nitrogens with zero attached hydrogens (tertiary/aromatic N) is 4. The number of carboxylic acids is 1. The predicted octanol–water partition coefficient (Wildman–Crippen LogP) is 9.70. The molecule has 0 spiro atoms. The maximum atomic E-state index is 13.7. The van der Waals surface area contributed by atoms with E-state index in [0.29, 0.717) is 24.3 Å². The highest BCUT2D eigenvalue weighted by Gasteiger charge is 2.20. The van der Waals surface area contributed by atoms with Gasteiger partial charge >= 0.3 is 18.0 Å². The molecular weight excluding hydrogens is 780 g/mol. The minimum absolute atomic E-state index is 0.141. The minimum atomic E-state index is -1.49. The van der Waals surface area contributed by atoms with Crippen LogP contribution < -0.4 is 18.9 Å². The molecule has 2 aromatic heterocycles. The second kappa shape index (κ2) is 16.1. The van der Waals surface area contributed by atoms with Crippen molar-refractivity contribution in [3.63, 3.8) is 0 Å². The Morgan fingerprint density at radius 3 is 1.25 bits per heavy atom. The van der Waals surface area contributed by atoms with Crippen molar-refractivity contribution in [2.24, 2.45) is 0 Å². The first-order valence-electron chi connectivity index (χ1n) is 13.9. The van der Waals surface area contributed by atoms with E-state index < -0.39 is 81.5 Å².